The fourth-order valence-electron chi connectivity index (χ4n) is 2.05. The highest BCUT2D eigenvalue weighted by Gasteiger charge is 2.08. The summed E-state index contributed by atoms with van der Waals surface area (Å²) in [4.78, 5) is 24.9. The molecule has 22 heavy (non-hydrogen) atoms. The van der Waals surface area contributed by atoms with E-state index in [1.54, 1.807) is 19.1 Å². The van der Waals surface area contributed by atoms with Gasteiger partial charge in [-0.1, -0.05) is 6.58 Å². The highest BCUT2D eigenvalue weighted by atomic mass is 16.5. The number of hydrogen-bond donors (Lipinski definition) is 1. The van der Waals surface area contributed by atoms with Crippen LogP contribution in [0.5, 0.6) is 0 Å². The number of nitrogens with zero attached hydrogens (tertiary/aromatic N) is 1. The molecule has 5 heteroatoms. The summed E-state index contributed by atoms with van der Waals surface area (Å²) in [7, 11) is 0. The number of benzene rings is 1. The SMILES string of the molecule is C=CC(=O)NCCCN(CC)c1ccc(C(=O)OCC)cc1. The van der Waals surface area contributed by atoms with Crippen LogP contribution in [0.3, 0.4) is 0 Å². The molecule has 1 aromatic rings. The van der Waals surface area contributed by atoms with Crippen LogP contribution in [0.4, 0.5) is 5.69 Å². The zero-order valence-corrected chi connectivity index (χ0v) is 13.3. The number of nitrogens with one attached hydrogen (secondary N) is 1. The summed E-state index contributed by atoms with van der Waals surface area (Å²) in [6, 6.07) is 7.38. The van der Waals surface area contributed by atoms with E-state index in [-0.39, 0.29) is 11.9 Å². The van der Waals surface area contributed by atoms with E-state index in [0.29, 0.717) is 18.7 Å². The highest BCUT2D eigenvalue weighted by molar-refractivity contribution is 5.89. The summed E-state index contributed by atoms with van der Waals surface area (Å²) in [5.41, 5.74) is 1.60. The maximum Gasteiger partial charge on any atom is 0.338 e. The van der Waals surface area contributed by atoms with E-state index in [9.17, 15) is 9.59 Å². The molecule has 0 radical (unpaired) electrons. The fourth-order valence-corrected chi connectivity index (χ4v) is 2.05. The van der Waals surface area contributed by atoms with Gasteiger partial charge in [-0.25, -0.2) is 4.79 Å². The minimum absolute atomic E-state index is 0.151. The monoisotopic (exact) mass is 304 g/mol. The fraction of sp³-hybridized carbons (Fsp3) is 0.412. The van der Waals surface area contributed by atoms with Gasteiger partial charge < -0.3 is 15.0 Å². The van der Waals surface area contributed by atoms with Crippen LogP contribution in [0.15, 0.2) is 36.9 Å². The average molecular weight is 304 g/mol. The molecule has 5 nitrogen and oxygen atoms in total. The minimum Gasteiger partial charge on any atom is -0.462 e. The number of anilines is 1. The Hall–Kier alpha value is -2.30. The van der Waals surface area contributed by atoms with Gasteiger partial charge in [-0.3, -0.25) is 4.79 Å². The van der Waals surface area contributed by atoms with Gasteiger partial charge in [0.15, 0.2) is 0 Å². The largest absolute Gasteiger partial charge is 0.462 e. The van der Waals surface area contributed by atoms with Crippen LogP contribution < -0.4 is 10.2 Å². The van der Waals surface area contributed by atoms with Crippen molar-refractivity contribution in [2.24, 2.45) is 0 Å². The number of hydrogen-bond acceptors (Lipinski definition) is 4. The molecule has 0 saturated carbocycles. The first-order valence-electron chi connectivity index (χ1n) is 7.54. The van der Waals surface area contributed by atoms with E-state index in [0.717, 1.165) is 25.2 Å². The maximum absolute atomic E-state index is 11.6. The summed E-state index contributed by atoms with van der Waals surface area (Å²) >= 11 is 0. The molecule has 120 valence electrons. The molecular formula is C17H24N2O3. The standard InChI is InChI=1S/C17H24N2O3/c1-4-16(20)18-12-7-13-19(5-2)15-10-8-14(9-11-15)17(21)22-6-3/h4,8-11H,1,5-7,12-13H2,2-3H3,(H,18,20). The second-order valence-electron chi connectivity index (χ2n) is 4.70. The van der Waals surface area contributed by atoms with Crippen molar-refractivity contribution >= 4 is 17.6 Å². The van der Waals surface area contributed by atoms with E-state index in [4.69, 9.17) is 4.74 Å². The first-order valence-corrected chi connectivity index (χ1v) is 7.54. The summed E-state index contributed by atoms with van der Waals surface area (Å²) in [5.74, 6) is -0.453. The van der Waals surface area contributed by atoms with Crippen LogP contribution >= 0.6 is 0 Å². The van der Waals surface area contributed by atoms with Gasteiger partial charge in [0.05, 0.1) is 12.2 Å². The Balaban J connectivity index is 2.54. The Morgan fingerprint density at radius 2 is 1.95 bits per heavy atom. The molecular weight excluding hydrogens is 280 g/mol. The number of ether oxygens (including phenoxy) is 1. The van der Waals surface area contributed by atoms with Crippen molar-refractivity contribution < 1.29 is 14.3 Å². The average Bonchev–Trinajstić information content (AvgIpc) is 2.55. The lowest BCUT2D eigenvalue weighted by atomic mass is 10.2. The Morgan fingerprint density at radius 3 is 2.50 bits per heavy atom. The lowest BCUT2D eigenvalue weighted by Gasteiger charge is -2.23. The molecule has 0 atom stereocenters. The lowest BCUT2D eigenvalue weighted by Crippen LogP contribution is -2.29. The zero-order chi connectivity index (χ0) is 16.4. The number of amides is 1. The van der Waals surface area contributed by atoms with E-state index in [2.05, 4.69) is 23.7 Å². The van der Waals surface area contributed by atoms with Crippen molar-refractivity contribution in [2.45, 2.75) is 20.3 Å². The predicted molar refractivity (Wildman–Crippen MR) is 88.1 cm³/mol. The Bertz CT molecular complexity index is 497. The minimum atomic E-state index is -0.302. The van der Waals surface area contributed by atoms with Crippen LogP contribution in [0.2, 0.25) is 0 Å². The zero-order valence-electron chi connectivity index (χ0n) is 13.3. The Kier molecular flexibility index (Phi) is 7.75. The lowest BCUT2D eigenvalue weighted by molar-refractivity contribution is -0.116. The van der Waals surface area contributed by atoms with Gasteiger partial charge in [-0.15, -0.1) is 0 Å². The molecule has 1 aromatic carbocycles. The van der Waals surface area contributed by atoms with Crippen molar-refractivity contribution in [3.8, 4) is 0 Å². The molecule has 0 fully saturated rings. The number of carbonyl (C=O) groups is 2. The van der Waals surface area contributed by atoms with Crippen molar-refractivity contribution in [3.05, 3.63) is 42.5 Å². The van der Waals surface area contributed by atoms with Crippen LogP contribution in [0, 0.1) is 0 Å². The summed E-state index contributed by atoms with van der Waals surface area (Å²) in [5, 5.41) is 2.76. The molecule has 0 heterocycles. The molecule has 1 amide bonds. The molecule has 0 aliphatic rings. The molecule has 1 rings (SSSR count). The third-order valence-electron chi connectivity index (χ3n) is 3.21. The molecule has 0 aliphatic heterocycles. The van der Waals surface area contributed by atoms with Crippen molar-refractivity contribution in [2.75, 3.05) is 31.1 Å². The first kappa shape index (κ1) is 17.8. The van der Waals surface area contributed by atoms with Crippen LogP contribution in [-0.2, 0) is 9.53 Å². The second kappa shape index (κ2) is 9.60. The predicted octanol–water partition coefficient (Wildman–Crippen LogP) is 2.38. The smallest absolute Gasteiger partial charge is 0.338 e. The summed E-state index contributed by atoms with van der Waals surface area (Å²) in [6.07, 6.45) is 2.11. The van der Waals surface area contributed by atoms with Crippen LogP contribution in [0.1, 0.15) is 30.6 Å². The van der Waals surface area contributed by atoms with Crippen LogP contribution in [-0.4, -0.2) is 38.1 Å². The second-order valence-corrected chi connectivity index (χ2v) is 4.70. The Morgan fingerprint density at radius 1 is 1.27 bits per heavy atom. The molecule has 0 saturated heterocycles. The third-order valence-corrected chi connectivity index (χ3v) is 3.21. The third kappa shape index (κ3) is 5.60. The molecule has 1 N–H and O–H groups in total. The molecule has 0 aromatic heterocycles. The van der Waals surface area contributed by atoms with E-state index >= 15 is 0 Å². The Labute approximate surface area is 132 Å². The molecule has 0 bridgehead atoms. The highest BCUT2D eigenvalue weighted by Crippen LogP contribution is 2.16. The van der Waals surface area contributed by atoms with Gasteiger partial charge in [0.25, 0.3) is 0 Å². The number of esters is 1. The van der Waals surface area contributed by atoms with Crippen molar-refractivity contribution in [3.63, 3.8) is 0 Å². The topological polar surface area (TPSA) is 58.6 Å². The molecule has 0 spiro atoms. The summed E-state index contributed by atoms with van der Waals surface area (Å²) < 4.78 is 4.97. The van der Waals surface area contributed by atoms with Gasteiger partial charge in [-0.2, -0.15) is 0 Å². The number of rotatable bonds is 9. The van der Waals surface area contributed by atoms with Crippen LogP contribution in [0.25, 0.3) is 0 Å². The summed E-state index contributed by atoms with van der Waals surface area (Å²) in [6.45, 7) is 9.94. The van der Waals surface area contributed by atoms with E-state index in [1.807, 2.05) is 12.1 Å². The van der Waals surface area contributed by atoms with E-state index in [1.165, 1.54) is 6.08 Å². The van der Waals surface area contributed by atoms with Gasteiger partial charge in [0.1, 0.15) is 0 Å². The van der Waals surface area contributed by atoms with Gasteiger partial charge >= 0.3 is 5.97 Å². The van der Waals surface area contributed by atoms with Gasteiger partial charge in [0.2, 0.25) is 5.91 Å². The van der Waals surface area contributed by atoms with Crippen molar-refractivity contribution in [1.29, 1.82) is 0 Å². The quantitative estimate of drug-likeness (QED) is 0.432. The van der Waals surface area contributed by atoms with Gasteiger partial charge in [0, 0.05) is 25.3 Å². The normalized spacial score (nSPS) is 9.91. The number of carbonyl (C=O) groups excluding carboxylic acids is 2. The van der Waals surface area contributed by atoms with Crippen molar-refractivity contribution in [1.82, 2.24) is 5.32 Å². The van der Waals surface area contributed by atoms with Gasteiger partial charge in [-0.05, 0) is 50.6 Å². The van der Waals surface area contributed by atoms with E-state index < -0.39 is 0 Å². The maximum atomic E-state index is 11.6. The molecule has 0 unspecified atom stereocenters. The first-order chi connectivity index (χ1) is 10.6. The molecule has 0 aliphatic carbocycles.